The summed E-state index contributed by atoms with van der Waals surface area (Å²) in [7, 11) is 3.28. The Hall–Kier alpha value is -2.30. The van der Waals surface area contributed by atoms with Crippen LogP contribution in [0.25, 0.3) is 11.3 Å². The van der Waals surface area contributed by atoms with Crippen LogP contribution >= 0.6 is 0 Å². The predicted octanol–water partition coefficient (Wildman–Crippen LogP) is 3.15. The summed E-state index contributed by atoms with van der Waals surface area (Å²) in [5.74, 6) is 2.24. The van der Waals surface area contributed by atoms with Crippen LogP contribution in [0.15, 0.2) is 30.5 Å². The highest BCUT2D eigenvalue weighted by molar-refractivity contribution is 5.64. The highest BCUT2D eigenvalue weighted by Gasteiger charge is 2.14. The minimum Gasteiger partial charge on any atom is -0.493 e. The summed E-state index contributed by atoms with van der Waals surface area (Å²) in [6.07, 6.45) is 5.54. The first-order chi connectivity index (χ1) is 10.8. The second-order valence-corrected chi connectivity index (χ2v) is 5.36. The molecule has 1 aliphatic rings. The summed E-state index contributed by atoms with van der Waals surface area (Å²) >= 11 is 0. The number of rotatable bonds is 4. The van der Waals surface area contributed by atoms with Crippen molar-refractivity contribution in [1.29, 1.82) is 0 Å². The van der Waals surface area contributed by atoms with Crippen LogP contribution in [0, 0.1) is 0 Å². The molecular weight excluding hydrogens is 278 g/mol. The van der Waals surface area contributed by atoms with Crippen molar-refractivity contribution in [1.82, 2.24) is 9.97 Å². The Balaban J connectivity index is 1.91. The first kappa shape index (κ1) is 14.6. The third kappa shape index (κ3) is 2.98. The van der Waals surface area contributed by atoms with E-state index >= 15 is 0 Å². The van der Waals surface area contributed by atoms with E-state index in [1.54, 1.807) is 14.2 Å². The van der Waals surface area contributed by atoms with E-state index in [4.69, 9.17) is 14.5 Å². The number of anilines is 1. The van der Waals surface area contributed by atoms with Crippen LogP contribution in [0.3, 0.4) is 0 Å². The summed E-state index contributed by atoms with van der Waals surface area (Å²) in [5.41, 5.74) is 1.90. The zero-order chi connectivity index (χ0) is 15.4. The minimum atomic E-state index is 0.707. The Labute approximate surface area is 130 Å². The number of piperidine rings is 1. The molecule has 1 aromatic heterocycles. The smallest absolute Gasteiger partial charge is 0.225 e. The van der Waals surface area contributed by atoms with E-state index in [2.05, 4.69) is 9.88 Å². The third-order valence-electron chi connectivity index (χ3n) is 3.96. The van der Waals surface area contributed by atoms with E-state index in [-0.39, 0.29) is 0 Å². The molecule has 0 bridgehead atoms. The number of aromatic nitrogens is 2. The van der Waals surface area contributed by atoms with Crippen LogP contribution in [0.5, 0.6) is 11.5 Å². The van der Waals surface area contributed by atoms with Crippen molar-refractivity contribution in [2.24, 2.45) is 0 Å². The van der Waals surface area contributed by atoms with E-state index in [9.17, 15) is 0 Å². The van der Waals surface area contributed by atoms with Crippen LogP contribution in [0.2, 0.25) is 0 Å². The van der Waals surface area contributed by atoms with Crippen molar-refractivity contribution in [3.8, 4) is 22.8 Å². The Kier molecular flexibility index (Phi) is 4.42. The molecule has 2 heterocycles. The SMILES string of the molecule is COc1ccc(-c2ccnc(N3CCCCC3)n2)cc1OC. The molecule has 3 rings (SSSR count). The molecule has 0 spiro atoms. The molecule has 1 fully saturated rings. The normalized spacial score (nSPS) is 14.7. The van der Waals surface area contributed by atoms with Gasteiger partial charge < -0.3 is 14.4 Å². The van der Waals surface area contributed by atoms with Gasteiger partial charge in [-0.2, -0.15) is 0 Å². The van der Waals surface area contributed by atoms with Crippen molar-refractivity contribution in [2.75, 3.05) is 32.2 Å². The molecule has 0 radical (unpaired) electrons. The van der Waals surface area contributed by atoms with Gasteiger partial charge >= 0.3 is 0 Å². The second kappa shape index (κ2) is 6.64. The highest BCUT2D eigenvalue weighted by Crippen LogP contribution is 2.32. The molecule has 0 N–H and O–H groups in total. The quantitative estimate of drug-likeness (QED) is 0.868. The van der Waals surface area contributed by atoms with E-state index < -0.39 is 0 Å². The minimum absolute atomic E-state index is 0.707. The molecular formula is C17H21N3O2. The second-order valence-electron chi connectivity index (χ2n) is 5.36. The fourth-order valence-corrected chi connectivity index (χ4v) is 2.75. The van der Waals surface area contributed by atoms with E-state index in [1.807, 2.05) is 30.5 Å². The first-order valence-corrected chi connectivity index (χ1v) is 7.62. The number of hydrogen-bond acceptors (Lipinski definition) is 5. The molecule has 5 heteroatoms. The Bertz CT molecular complexity index is 640. The molecule has 116 valence electrons. The van der Waals surface area contributed by atoms with Gasteiger partial charge in [0.05, 0.1) is 19.9 Å². The van der Waals surface area contributed by atoms with Crippen LogP contribution in [0.1, 0.15) is 19.3 Å². The van der Waals surface area contributed by atoms with Gasteiger partial charge in [0.1, 0.15) is 0 Å². The third-order valence-corrected chi connectivity index (χ3v) is 3.96. The Morgan fingerprint density at radius 2 is 1.73 bits per heavy atom. The van der Waals surface area contributed by atoms with Crippen LogP contribution in [-0.4, -0.2) is 37.3 Å². The standard InChI is InChI=1S/C17H21N3O2/c1-21-15-7-6-13(12-16(15)22-2)14-8-9-18-17(19-14)20-10-4-3-5-11-20/h6-9,12H,3-5,10-11H2,1-2H3. The van der Waals surface area contributed by atoms with Crippen LogP contribution in [0.4, 0.5) is 5.95 Å². The lowest BCUT2D eigenvalue weighted by molar-refractivity contribution is 0.355. The van der Waals surface area contributed by atoms with Gasteiger partial charge in [-0.15, -0.1) is 0 Å². The number of ether oxygens (including phenoxy) is 2. The van der Waals surface area contributed by atoms with Crippen molar-refractivity contribution in [3.05, 3.63) is 30.5 Å². The van der Waals surface area contributed by atoms with Gasteiger partial charge in [0.15, 0.2) is 11.5 Å². The van der Waals surface area contributed by atoms with Crippen molar-refractivity contribution < 1.29 is 9.47 Å². The lowest BCUT2D eigenvalue weighted by atomic mass is 10.1. The molecule has 22 heavy (non-hydrogen) atoms. The van der Waals surface area contributed by atoms with Gasteiger partial charge in [0, 0.05) is 24.8 Å². The van der Waals surface area contributed by atoms with Gasteiger partial charge in [-0.3, -0.25) is 0 Å². The van der Waals surface area contributed by atoms with Crippen LogP contribution in [-0.2, 0) is 0 Å². The Morgan fingerprint density at radius 1 is 0.955 bits per heavy atom. The maximum atomic E-state index is 5.37. The number of hydrogen-bond donors (Lipinski definition) is 0. The molecule has 1 aliphatic heterocycles. The average molecular weight is 299 g/mol. The molecule has 0 atom stereocenters. The summed E-state index contributed by atoms with van der Waals surface area (Å²) < 4.78 is 10.6. The zero-order valence-electron chi connectivity index (χ0n) is 13.1. The Morgan fingerprint density at radius 3 is 2.45 bits per heavy atom. The average Bonchev–Trinajstić information content (AvgIpc) is 2.62. The molecule has 0 saturated carbocycles. The van der Waals surface area contributed by atoms with E-state index in [0.29, 0.717) is 5.75 Å². The van der Waals surface area contributed by atoms with Crippen molar-refractivity contribution in [3.63, 3.8) is 0 Å². The zero-order valence-corrected chi connectivity index (χ0v) is 13.1. The van der Waals surface area contributed by atoms with Gasteiger partial charge in [-0.05, 0) is 43.5 Å². The van der Waals surface area contributed by atoms with Gasteiger partial charge in [0.2, 0.25) is 5.95 Å². The number of methoxy groups -OCH3 is 2. The number of benzene rings is 1. The van der Waals surface area contributed by atoms with Gasteiger partial charge in [-0.25, -0.2) is 9.97 Å². The predicted molar refractivity (Wildman–Crippen MR) is 86.6 cm³/mol. The first-order valence-electron chi connectivity index (χ1n) is 7.62. The molecule has 5 nitrogen and oxygen atoms in total. The van der Waals surface area contributed by atoms with Gasteiger partial charge in [-0.1, -0.05) is 0 Å². The summed E-state index contributed by atoms with van der Waals surface area (Å²) in [6.45, 7) is 2.07. The van der Waals surface area contributed by atoms with Crippen LogP contribution < -0.4 is 14.4 Å². The van der Waals surface area contributed by atoms with Crippen molar-refractivity contribution >= 4 is 5.95 Å². The lowest BCUT2D eigenvalue weighted by Crippen LogP contribution is -2.30. The van der Waals surface area contributed by atoms with Gasteiger partial charge in [0.25, 0.3) is 0 Å². The summed E-state index contributed by atoms with van der Waals surface area (Å²) in [6, 6.07) is 7.76. The largest absolute Gasteiger partial charge is 0.493 e. The molecule has 2 aromatic rings. The maximum Gasteiger partial charge on any atom is 0.225 e. The summed E-state index contributed by atoms with van der Waals surface area (Å²) in [4.78, 5) is 11.4. The number of nitrogens with zero attached hydrogens (tertiary/aromatic N) is 3. The molecule has 0 aliphatic carbocycles. The molecule has 1 aromatic carbocycles. The molecule has 0 unspecified atom stereocenters. The summed E-state index contributed by atoms with van der Waals surface area (Å²) in [5, 5.41) is 0. The fraction of sp³-hybridized carbons (Fsp3) is 0.412. The van der Waals surface area contributed by atoms with E-state index in [0.717, 1.165) is 36.0 Å². The lowest BCUT2D eigenvalue weighted by Gasteiger charge is -2.26. The molecule has 1 saturated heterocycles. The maximum absolute atomic E-state index is 5.37. The molecule has 0 amide bonds. The van der Waals surface area contributed by atoms with E-state index in [1.165, 1.54) is 19.3 Å². The fourth-order valence-electron chi connectivity index (χ4n) is 2.75. The topological polar surface area (TPSA) is 47.5 Å². The highest BCUT2D eigenvalue weighted by atomic mass is 16.5. The van der Waals surface area contributed by atoms with Crippen molar-refractivity contribution in [2.45, 2.75) is 19.3 Å². The monoisotopic (exact) mass is 299 g/mol.